The van der Waals surface area contributed by atoms with E-state index in [0.717, 1.165) is 45.1 Å². The van der Waals surface area contributed by atoms with Gasteiger partial charge in [-0.05, 0) is 19.3 Å². The molecule has 1 amide bonds. The van der Waals surface area contributed by atoms with Crippen molar-refractivity contribution in [3.05, 3.63) is 0 Å². The van der Waals surface area contributed by atoms with Crippen LogP contribution in [0.2, 0.25) is 0 Å². The van der Waals surface area contributed by atoms with E-state index >= 15 is 0 Å². The van der Waals surface area contributed by atoms with Crippen LogP contribution in [0, 0.1) is 5.92 Å². The van der Waals surface area contributed by atoms with Crippen LogP contribution in [0.5, 0.6) is 0 Å². The Morgan fingerprint density at radius 3 is 2.00 bits per heavy atom. The van der Waals surface area contributed by atoms with Crippen molar-refractivity contribution >= 4 is 11.9 Å². The van der Waals surface area contributed by atoms with Gasteiger partial charge in [-0.25, -0.2) is 0 Å². The van der Waals surface area contributed by atoms with E-state index in [1.54, 1.807) is 0 Å². The van der Waals surface area contributed by atoms with Gasteiger partial charge in [-0.2, -0.15) is 0 Å². The van der Waals surface area contributed by atoms with Gasteiger partial charge in [0.1, 0.15) is 0 Å². The third-order valence-electron chi connectivity index (χ3n) is 4.30. The molecule has 0 aromatic heterocycles. The van der Waals surface area contributed by atoms with E-state index in [-0.39, 0.29) is 11.8 Å². The highest BCUT2D eigenvalue weighted by Gasteiger charge is 2.11. The summed E-state index contributed by atoms with van der Waals surface area (Å²) in [5.74, 6) is -0.335. The summed E-state index contributed by atoms with van der Waals surface area (Å²) < 4.78 is 0. The van der Waals surface area contributed by atoms with Crippen LogP contribution in [-0.4, -0.2) is 23.5 Å². The zero-order valence-corrected chi connectivity index (χ0v) is 15.2. The van der Waals surface area contributed by atoms with Gasteiger partial charge in [0.05, 0.1) is 0 Å². The Kier molecular flexibility index (Phi) is 15.1. The molecular formula is C19H37NO3. The maximum absolute atomic E-state index is 11.9. The summed E-state index contributed by atoms with van der Waals surface area (Å²) in [6, 6.07) is 0. The second kappa shape index (κ2) is 15.8. The molecule has 0 fully saturated rings. The van der Waals surface area contributed by atoms with Gasteiger partial charge >= 0.3 is 5.97 Å². The highest BCUT2D eigenvalue weighted by molar-refractivity contribution is 5.78. The molecule has 4 heteroatoms. The number of hydrogen-bond acceptors (Lipinski definition) is 2. The van der Waals surface area contributed by atoms with Gasteiger partial charge in [0, 0.05) is 18.9 Å². The van der Waals surface area contributed by atoms with Gasteiger partial charge in [0.25, 0.3) is 0 Å². The van der Waals surface area contributed by atoms with Crippen LogP contribution in [0.15, 0.2) is 0 Å². The SMILES string of the molecule is CCCCCC(C)C(=O)NCCCCCCCCCCC(=O)O. The number of aliphatic carboxylic acids is 1. The Morgan fingerprint density at radius 2 is 1.43 bits per heavy atom. The average molecular weight is 328 g/mol. The minimum atomic E-state index is -0.688. The predicted molar refractivity (Wildman–Crippen MR) is 95.5 cm³/mol. The minimum Gasteiger partial charge on any atom is -0.481 e. The van der Waals surface area contributed by atoms with E-state index in [4.69, 9.17) is 5.11 Å². The number of nitrogens with one attached hydrogen (secondary N) is 1. The van der Waals surface area contributed by atoms with Gasteiger partial charge in [0.2, 0.25) is 5.91 Å². The first-order valence-corrected chi connectivity index (χ1v) is 9.57. The largest absolute Gasteiger partial charge is 0.481 e. The molecule has 0 aromatic carbocycles. The molecule has 0 aromatic rings. The van der Waals surface area contributed by atoms with Crippen molar-refractivity contribution in [3.8, 4) is 0 Å². The molecule has 0 saturated heterocycles. The van der Waals surface area contributed by atoms with Crippen LogP contribution in [0.4, 0.5) is 0 Å². The first-order valence-electron chi connectivity index (χ1n) is 9.57. The predicted octanol–water partition coefficient (Wildman–Crippen LogP) is 4.91. The van der Waals surface area contributed by atoms with Gasteiger partial charge in [-0.3, -0.25) is 9.59 Å². The molecule has 0 heterocycles. The second-order valence-electron chi connectivity index (χ2n) is 6.66. The fourth-order valence-electron chi connectivity index (χ4n) is 2.68. The van der Waals surface area contributed by atoms with Gasteiger partial charge in [-0.15, -0.1) is 0 Å². The molecule has 136 valence electrons. The molecule has 0 bridgehead atoms. The van der Waals surface area contributed by atoms with Crippen LogP contribution >= 0.6 is 0 Å². The first-order chi connectivity index (χ1) is 11.1. The summed E-state index contributed by atoms with van der Waals surface area (Å²) in [6.07, 6.45) is 13.7. The van der Waals surface area contributed by atoms with Crippen LogP contribution in [0.3, 0.4) is 0 Å². The van der Waals surface area contributed by atoms with E-state index in [0.29, 0.717) is 6.42 Å². The van der Waals surface area contributed by atoms with Crippen molar-refractivity contribution in [1.29, 1.82) is 0 Å². The maximum atomic E-state index is 11.9. The molecule has 23 heavy (non-hydrogen) atoms. The number of carbonyl (C=O) groups excluding carboxylic acids is 1. The molecular weight excluding hydrogens is 290 g/mol. The van der Waals surface area contributed by atoms with Crippen molar-refractivity contribution in [1.82, 2.24) is 5.32 Å². The molecule has 0 saturated carbocycles. The number of hydrogen-bond donors (Lipinski definition) is 2. The van der Waals surface area contributed by atoms with Crippen molar-refractivity contribution in [2.75, 3.05) is 6.54 Å². The summed E-state index contributed by atoms with van der Waals surface area (Å²) in [7, 11) is 0. The summed E-state index contributed by atoms with van der Waals surface area (Å²) >= 11 is 0. The van der Waals surface area contributed by atoms with E-state index in [9.17, 15) is 9.59 Å². The van der Waals surface area contributed by atoms with Crippen molar-refractivity contribution < 1.29 is 14.7 Å². The topological polar surface area (TPSA) is 66.4 Å². The van der Waals surface area contributed by atoms with Crippen LogP contribution in [0.25, 0.3) is 0 Å². The molecule has 0 aliphatic rings. The number of amides is 1. The van der Waals surface area contributed by atoms with Crippen molar-refractivity contribution in [2.45, 2.75) is 97.3 Å². The zero-order valence-electron chi connectivity index (χ0n) is 15.2. The van der Waals surface area contributed by atoms with Crippen molar-refractivity contribution in [3.63, 3.8) is 0 Å². The quantitative estimate of drug-likeness (QED) is 0.396. The lowest BCUT2D eigenvalue weighted by Gasteiger charge is -2.11. The standard InChI is InChI=1S/C19H37NO3/c1-3-4-11-14-17(2)19(23)20-16-13-10-8-6-5-7-9-12-15-18(21)22/h17H,3-16H2,1-2H3,(H,20,23)(H,21,22). The van der Waals surface area contributed by atoms with Gasteiger partial charge in [-0.1, -0.05) is 71.6 Å². The molecule has 0 radical (unpaired) electrons. The maximum Gasteiger partial charge on any atom is 0.303 e. The molecule has 0 aliphatic carbocycles. The molecule has 1 atom stereocenters. The van der Waals surface area contributed by atoms with E-state index in [1.165, 1.54) is 38.5 Å². The Bertz CT molecular complexity index is 305. The average Bonchev–Trinajstić information content (AvgIpc) is 2.52. The van der Waals surface area contributed by atoms with Gasteiger partial charge in [0.15, 0.2) is 0 Å². The van der Waals surface area contributed by atoms with Crippen LogP contribution in [-0.2, 0) is 9.59 Å². The summed E-state index contributed by atoms with van der Waals surface area (Å²) in [5, 5.41) is 11.6. The lowest BCUT2D eigenvalue weighted by Crippen LogP contribution is -2.30. The zero-order chi connectivity index (χ0) is 17.3. The number of carbonyl (C=O) groups is 2. The van der Waals surface area contributed by atoms with E-state index in [1.807, 2.05) is 6.92 Å². The minimum absolute atomic E-state index is 0.146. The number of rotatable bonds is 16. The van der Waals surface area contributed by atoms with Crippen LogP contribution in [0.1, 0.15) is 97.3 Å². The summed E-state index contributed by atoms with van der Waals surface area (Å²) in [5.41, 5.74) is 0. The van der Waals surface area contributed by atoms with Crippen molar-refractivity contribution in [2.24, 2.45) is 5.92 Å². The fourth-order valence-corrected chi connectivity index (χ4v) is 2.68. The normalized spacial score (nSPS) is 12.1. The Balaban J connectivity index is 3.29. The lowest BCUT2D eigenvalue weighted by molar-refractivity contribution is -0.137. The Morgan fingerprint density at radius 1 is 0.870 bits per heavy atom. The Labute approximate surface area is 142 Å². The lowest BCUT2D eigenvalue weighted by atomic mass is 10.0. The highest BCUT2D eigenvalue weighted by Crippen LogP contribution is 2.11. The molecule has 0 aliphatic heterocycles. The van der Waals surface area contributed by atoms with E-state index < -0.39 is 5.97 Å². The van der Waals surface area contributed by atoms with Crippen LogP contribution < -0.4 is 5.32 Å². The molecule has 0 rings (SSSR count). The summed E-state index contributed by atoms with van der Waals surface area (Å²) in [6.45, 7) is 5.01. The molecule has 1 unspecified atom stereocenters. The van der Waals surface area contributed by atoms with E-state index in [2.05, 4.69) is 12.2 Å². The number of unbranched alkanes of at least 4 members (excludes halogenated alkanes) is 9. The Hall–Kier alpha value is -1.06. The molecule has 2 N–H and O–H groups in total. The first kappa shape index (κ1) is 21.9. The number of carboxylic acids is 1. The number of carboxylic acid groups (broad SMARTS) is 1. The highest BCUT2D eigenvalue weighted by atomic mass is 16.4. The second-order valence-corrected chi connectivity index (χ2v) is 6.66. The third kappa shape index (κ3) is 15.6. The third-order valence-corrected chi connectivity index (χ3v) is 4.30. The fraction of sp³-hybridized carbons (Fsp3) is 0.895. The summed E-state index contributed by atoms with van der Waals surface area (Å²) in [4.78, 5) is 22.2. The monoisotopic (exact) mass is 327 g/mol. The molecule has 4 nitrogen and oxygen atoms in total. The van der Waals surface area contributed by atoms with Gasteiger partial charge < -0.3 is 10.4 Å². The molecule has 0 spiro atoms. The smallest absolute Gasteiger partial charge is 0.303 e.